The highest BCUT2D eigenvalue weighted by molar-refractivity contribution is 5.94. The minimum Gasteiger partial charge on any atom is -0.339 e. The van der Waals surface area contributed by atoms with Gasteiger partial charge in [-0.25, -0.2) is 4.79 Å². The first kappa shape index (κ1) is 19.4. The van der Waals surface area contributed by atoms with E-state index in [1.165, 1.54) is 10.5 Å². The smallest absolute Gasteiger partial charge is 0.339 e. The molecule has 1 aromatic heterocycles. The van der Waals surface area contributed by atoms with Crippen LogP contribution in [0.15, 0.2) is 48.5 Å². The van der Waals surface area contributed by atoms with Gasteiger partial charge in [0.05, 0.1) is 17.9 Å². The summed E-state index contributed by atoms with van der Waals surface area (Å²) in [6, 6.07) is 15.3. The molecule has 10 heteroatoms. The molecule has 0 radical (unpaired) electrons. The van der Waals surface area contributed by atoms with E-state index >= 15 is 0 Å². The number of hydrogen-bond donors (Lipinski definition) is 1. The number of amides is 2. The van der Waals surface area contributed by atoms with Crippen LogP contribution >= 0.6 is 0 Å². The molecule has 7 nitrogen and oxygen atoms in total. The first-order valence-corrected chi connectivity index (χ1v) is 9.91. The van der Waals surface area contributed by atoms with Gasteiger partial charge < -0.3 is 19.7 Å². The van der Waals surface area contributed by atoms with Crippen molar-refractivity contribution in [3.8, 4) is 0 Å². The van der Waals surface area contributed by atoms with Gasteiger partial charge in [0.2, 0.25) is 5.82 Å². The number of alkyl halides is 3. The van der Waals surface area contributed by atoms with Crippen LogP contribution in [0.3, 0.4) is 0 Å². The molecular formula is C21H19F3N6O. The van der Waals surface area contributed by atoms with Crippen molar-refractivity contribution in [1.82, 2.24) is 19.7 Å². The fraction of sp³-hybridized carbons (Fsp3) is 0.286. The minimum atomic E-state index is -4.57. The Morgan fingerprint density at radius 1 is 0.935 bits per heavy atom. The van der Waals surface area contributed by atoms with Gasteiger partial charge in [-0.3, -0.25) is 0 Å². The van der Waals surface area contributed by atoms with E-state index in [1.807, 2.05) is 36.4 Å². The zero-order valence-electron chi connectivity index (χ0n) is 16.4. The Morgan fingerprint density at radius 3 is 2.48 bits per heavy atom. The number of para-hydroxylation sites is 3. The van der Waals surface area contributed by atoms with Crippen molar-refractivity contribution in [2.45, 2.75) is 25.7 Å². The number of rotatable bonds is 2. The number of carbonyl (C=O) groups is 1. The average molecular weight is 428 g/mol. The van der Waals surface area contributed by atoms with Crippen LogP contribution in [0.2, 0.25) is 0 Å². The van der Waals surface area contributed by atoms with Crippen LogP contribution in [0.25, 0.3) is 0 Å². The highest BCUT2D eigenvalue weighted by atomic mass is 19.4. The summed E-state index contributed by atoms with van der Waals surface area (Å²) in [5, 5.41) is 9.81. The summed E-state index contributed by atoms with van der Waals surface area (Å²) >= 11 is 0. The molecule has 0 aliphatic carbocycles. The van der Waals surface area contributed by atoms with Crippen LogP contribution in [0.1, 0.15) is 17.2 Å². The van der Waals surface area contributed by atoms with Crippen molar-refractivity contribution < 1.29 is 18.0 Å². The normalized spacial score (nSPS) is 15.6. The molecule has 0 atom stereocenters. The Labute approximate surface area is 176 Å². The van der Waals surface area contributed by atoms with E-state index in [1.54, 1.807) is 0 Å². The predicted molar refractivity (Wildman–Crippen MR) is 108 cm³/mol. The highest BCUT2D eigenvalue weighted by Gasteiger charge is 2.40. The summed E-state index contributed by atoms with van der Waals surface area (Å²) in [6.07, 6.45) is -3.65. The first-order chi connectivity index (χ1) is 14.9. The molecule has 1 N–H and O–H groups in total. The van der Waals surface area contributed by atoms with Crippen LogP contribution in [-0.2, 0) is 25.7 Å². The van der Waals surface area contributed by atoms with Crippen molar-refractivity contribution in [2.24, 2.45) is 0 Å². The molecule has 5 rings (SSSR count). The Kier molecular flexibility index (Phi) is 4.57. The number of carbonyl (C=O) groups excluding carboxylic acids is 1. The number of hydrogen-bond acceptors (Lipinski definition) is 4. The van der Waals surface area contributed by atoms with Crippen molar-refractivity contribution in [3.05, 3.63) is 65.7 Å². The number of anilines is 3. The Bertz CT molecular complexity index is 1140. The van der Waals surface area contributed by atoms with E-state index in [-0.39, 0.29) is 31.5 Å². The number of urea groups is 1. The van der Waals surface area contributed by atoms with Gasteiger partial charge in [-0.1, -0.05) is 30.3 Å². The second kappa shape index (κ2) is 7.29. The molecule has 3 aromatic rings. The summed E-state index contributed by atoms with van der Waals surface area (Å²) in [5.74, 6) is -0.906. The molecule has 0 saturated carbocycles. The topological polar surface area (TPSA) is 66.3 Å². The average Bonchev–Trinajstić information content (AvgIpc) is 3.38. The third-order valence-corrected chi connectivity index (χ3v) is 5.62. The molecule has 31 heavy (non-hydrogen) atoms. The maximum Gasteiger partial charge on any atom is 0.451 e. The maximum absolute atomic E-state index is 13.0. The number of halogens is 3. The van der Waals surface area contributed by atoms with Crippen LogP contribution in [-0.4, -0.2) is 38.8 Å². The van der Waals surface area contributed by atoms with Crippen molar-refractivity contribution in [2.75, 3.05) is 23.3 Å². The van der Waals surface area contributed by atoms with E-state index in [2.05, 4.69) is 32.5 Å². The summed E-state index contributed by atoms with van der Waals surface area (Å²) in [7, 11) is 0. The molecule has 2 aromatic carbocycles. The lowest BCUT2D eigenvalue weighted by atomic mass is 10.2. The Morgan fingerprint density at radius 2 is 1.68 bits per heavy atom. The molecule has 0 fully saturated rings. The fourth-order valence-corrected chi connectivity index (χ4v) is 4.14. The van der Waals surface area contributed by atoms with Crippen molar-refractivity contribution in [1.29, 1.82) is 0 Å². The van der Waals surface area contributed by atoms with Gasteiger partial charge in [-0.05, 0) is 30.2 Å². The summed E-state index contributed by atoms with van der Waals surface area (Å²) in [6.45, 7) is 0.892. The first-order valence-electron chi connectivity index (χ1n) is 9.91. The van der Waals surface area contributed by atoms with Crippen molar-refractivity contribution in [3.63, 3.8) is 0 Å². The van der Waals surface area contributed by atoms with Gasteiger partial charge in [0.15, 0.2) is 5.82 Å². The number of nitrogens with zero attached hydrogens (tertiary/aromatic N) is 5. The van der Waals surface area contributed by atoms with Crippen LogP contribution < -0.4 is 10.2 Å². The van der Waals surface area contributed by atoms with Gasteiger partial charge >= 0.3 is 12.2 Å². The van der Waals surface area contributed by atoms with E-state index in [4.69, 9.17) is 0 Å². The molecule has 0 unspecified atom stereocenters. The SMILES string of the molecule is O=C(Nc1ccccc1N1CCc2ccccc21)N1CCn2c(nnc2C(F)(F)F)C1. The van der Waals surface area contributed by atoms with Gasteiger partial charge in [0, 0.05) is 25.3 Å². The van der Waals surface area contributed by atoms with Crippen LogP contribution in [0, 0.1) is 0 Å². The third-order valence-electron chi connectivity index (χ3n) is 5.62. The molecule has 2 aliphatic rings. The maximum atomic E-state index is 13.0. The zero-order chi connectivity index (χ0) is 21.6. The Hall–Kier alpha value is -3.56. The largest absolute Gasteiger partial charge is 0.451 e. The van der Waals surface area contributed by atoms with Crippen LogP contribution in [0.5, 0.6) is 0 Å². The third kappa shape index (κ3) is 3.47. The predicted octanol–water partition coefficient (Wildman–Crippen LogP) is 4.04. The standard InChI is InChI=1S/C21H19F3N6O/c22-21(23,24)19-27-26-18-13-28(11-12-30(18)19)20(31)25-15-6-2-4-8-17(15)29-10-9-14-5-1-3-7-16(14)29/h1-8H,9-13H2,(H,25,31). The van der Waals surface area contributed by atoms with Gasteiger partial charge in [0.25, 0.3) is 0 Å². The number of aromatic nitrogens is 3. The minimum absolute atomic E-state index is 0.00819. The molecule has 0 spiro atoms. The number of nitrogens with one attached hydrogen (secondary N) is 1. The second-order valence-electron chi connectivity index (χ2n) is 7.49. The second-order valence-corrected chi connectivity index (χ2v) is 7.49. The summed E-state index contributed by atoms with van der Waals surface area (Å²) in [5.41, 5.74) is 3.88. The molecule has 2 amide bonds. The molecule has 160 valence electrons. The number of benzene rings is 2. The molecule has 0 bridgehead atoms. The Balaban J connectivity index is 1.35. The van der Waals surface area contributed by atoms with Crippen molar-refractivity contribution >= 4 is 23.1 Å². The number of fused-ring (bicyclic) bond motifs is 2. The lowest BCUT2D eigenvalue weighted by Gasteiger charge is -2.29. The lowest BCUT2D eigenvalue weighted by molar-refractivity contribution is -0.147. The quantitative estimate of drug-likeness (QED) is 0.669. The van der Waals surface area contributed by atoms with E-state index in [9.17, 15) is 18.0 Å². The monoisotopic (exact) mass is 428 g/mol. The van der Waals surface area contributed by atoms with Crippen LogP contribution in [0.4, 0.5) is 35.0 Å². The molecule has 0 saturated heterocycles. The molecule has 2 aliphatic heterocycles. The van der Waals surface area contributed by atoms with Gasteiger partial charge in [-0.15, -0.1) is 10.2 Å². The van der Waals surface area contributed by atoms with Gasteiger partial charge in [0.1, 0.15) is 0 Å². The van der Waals surface area contributed by atoms with Gasteiger partial charge in [-0.2, -0.15) is 13.2 Å². The molecular weight excluding hydrogens is 409 g/mol. The van der Waals surface area contributed by atoms with E-state index < -0.39 is 12.0 Å². The van der Waals surface area contributed by atoms with E-state index in [0.29, 0.717) is 5.69 Å². The fourth-order valence-electron chi connectivity index (χ4n) is 4.14. The zero-order valence-corrected chi connectivity index (χ0v) is 16.4. The highest BCUT2D eigenvalue weighted by Crippen LogP contribution is 2.38. The summed E-state index contributed by atoms with van der Waals surface area (Å²) in [4.78, 5) is 16.5. The molecule has 3 heterocycles. The summed E-state index contributed by atoms with van der Waals surface area (Å²) < 4.78 is 40.1. The van der Waals surface area contributed by atoms with E-state index in [0.717, 1.165) is 28.9 Å². The lowest BCUT2D eigenvalue weighted by Crippen LogP contribution is -2.41.